The average molecular weight is 382 g/mol. The Kier molecular flexibility index (Phi) is 4.02. The summed E-state index contributed by atoms with van der Waals surface area (Å²) >= 11 is 0. The van der Waals surface area contributed by atoms with E-state index in [1.807, 2.05) is 0 Å². The van der Waals surface area contributed by atoms with Gasteiger partial charge in [-0.1, -0.05) is 63.2 Å². The molecular formula is C26H27N3. The lowest BCUT2D eigenvalue weighted by molar-refractivity contribution is 0.312. The summed E-state index contributed by atoms with van der Waals surface area (Å²) in [5.74, 6) is 1.37. The molecule has 2 aliphatic heterocycles. The van der Waals surface area contributed by atoms with Crippen molar-refractivity contribution >= 4 is 22.9 Å². The third-order valence-corrected chi connectivity index (χ3v) is 6.89. The number of hydrogen-bond donors (Lipinski definition) is 0. The molecule has 3 unspecified atom stereocenters. The SMILES string of the molecule is C=CC1(C)c2ccccc2N2c3nc(CC)ccc3N(c3ccccc3)C2C1C. The molecule has 0 bridgehead atoms. The molecule has 3 atom stereocenters. The van der Waals surface area contributed by atoms with Gasteiger partial charge in [-0.2, -0.15) is 0 Å². The van der Waals surface area contributed by atoms with E-state index in [9.17, 15) is 0 Å². The Labute approximate surface area is 173 Å². The van der Waals surface area contributed by atoms with Crippen LogP contribution in [0.3, 0.4) is 0 Å². The molecular weight excluding hydrogens is 354 g/mol. The lowest BCUT2D eigenvalue weighted by Crippen LogP contribution is -2.54. The molecule has 0 radical (unpaired) electrons. The molecule has 5 rings (SSSR count). The first-order valence-corrected chi connectivity index (χ1v) is 10.5. The van der Waals surface area contributed by atoms with E-state index in [-0.39, 0.29) is 11.6 Å². The number of hydrogen-bond acceptors (Lipinski definition) is 3. The zero-order valence-corrected chi connectivity index (χ0v) is 17.3. The third kappa shape index (κ3) is 2.40. The fourth-order valence-corrected chi connectivity index (χ4v) is 5.00. The van der Waals surface area contributed by atoms with Crippen LogP contribution in [0.4, 0.5) is 22.9 Å². The number of benzene rings is 2. The standard InChI is InChI=1S/C26H27N3/c1-5-19-16-17-23-24(27-19)29-22-15-11-10-14-21(22)26(4,6-2)18(3)25(29)28(23)20-12-8-7-9-13-20/h6-18,25H,2,5H2,1,3-4H3. The van der Waals surface area contributed by atoms with Crippen LogP contribution in [0, 0.1) is 5.92 Å². The number of aromatic nitrogens is 1. The van der Waals surface area contributed by atoms with Crippen molar-refractivity contribution in [2.45, 2.75) is 38.8 Å². The molecule has 2 aromatic carbocycles. The minimum absolute atomic E-state index is 0.125. The van der Waals surface area contributed by atoms with Crippen molar-refractivity contribution in [2.75, 3.05) is 9.80 Å². The fraction of sp³-hybridized carbons (Fsp3) is 0.269. The number of rotatable bonds is 3. The normalized spacial score (nSPS) is 24.7. The van der Waals surface area contributed by atoms with E-state index >= 15 is 0 Å². The highest BCUT2D eigenvalue weighted by Crippen LogP contribution is 2.57. The van der Waals surface area contributed by atoms with Crippen molar-refractivity contribution in [1.82, 2.24) is 4.98 Å². The van der Waals surface area contributed by atoms with Gasteiger partial charge in [0.2, 0.25) is 0 Å². The molecule has 3 aromatic rings. The van der Waals surface area contributed by atoms with Crippen LogP contribution in [0.25, 0.3) is 0 Å². The molecule has 0 amide bonds. The molecule has 0 spiro atoms. The van der Waals surface area contributed by atoms with Crippen LogP contribution < -0.4 is 9.80 Å². The summed E-state index contributed by atoms with van der Waals surface area (Å²) in [7, 11) is 0. The highest BCUT2D eigenvalue weighted by molar-refractivity contribution is 5.88. The summed E-state index contributed by atoms with van der Waals surface area (Å²) in [4.78, 5) is 10.0. The maximum absolute atomic E-state index is 5.10. The van der Waals surface area contributed by atoms with Crippen molar-refractivity contribution in [1.29, 1.82) is 0 Å². The van der Waals surface area contributed by atoms with Gasteiger partial charge in [0.25, 0.3) is 0 Å². The van der Waals surface area contributed by atoms with Gasteiger partial charge in [-0.3, -0.25) is 0 Å². The molecule has 0 aliphatic carbocycles. The highest BCUT2D eigenvalue weighted by atomic mass is 15.5. The van der Waals surface area contributed by atoms with E-state index < -0.39 is 0 Å². The Bertz CT molecular complexity index is 1070. The summed E-state index contributed by atoms with van der Waals surface area (Å²) in [5.41, 5.74) is 5.93. The van der Waals surface area contributed by atoms with Gasteiger partial charge < -0.3 is 9.80 Å². The van der Waals surface area contributed by atoms with Crippen LogP contribution in [-0.4, -0.2) is 11.1 Å². The van der Waals surface area contributed by atoms with E-state index in [1.54, 1.807) is 0 Å². The number of allylic oxidation sites excluding steroid dienone is 1. The monoisotopic (exact) mass is 381 g/mol. The molecule has 0 N–H and O–H groups in total. The molecule has 3 heteroatoms. The quantitative estimate of drug-likeness (QED) is 0.493. The lowest BCUT2D eigenvalue weighted by Gasteiger charge is -2.50. The number of para-hydroxylation sites is 2. The van der Waals surface area contributed by atoms with E-state index in [0.29, 0.717) is 5.92 Å². The maximum atomic E-state index is 5.10. The van der Waals surface area contributed by atoms with E-state index in [1.165, 1.54) is 22.6 Å². The molecule has 0 saturated carbocycles. The number of nitrogens with zero attached hydrogens (tertiary/aromatic N) is 3. The van der Waals surface area contributed by atoms with Crippen LogP contribution in [0.2, 0.25) is 0 Å². The van der Waals surface area contributed by atoms with Gasteiger partial charge in [-0.05, 0) is 42.3 Å². The first-order valence-electron chi connectivity index (χ1n) is 10.5. The Morgan fingerprint density at radius 3 is 2.41 bits per heavy atom. The Morgan fingerprint density at radius 1 is 0.966 bits per heavy atom. The smallest absolute Gasteiger partial charge is 0.159 e. The van der Waals surface area contributed by atoms with Crippen molar-refractivity contribution < 1.29 is 0 Å². The van der Waals surface area contributed by atoms with Gasteiger partial charge >= 0.3 is 0 Å². The van der Waals surface area contributed by atoms with E-state index in [0.717, 1.165) is 17.9 Å². The van der Waals surface area contributed by atoms with E-state index in [4.69, 9.17) is 4.98 Å². The first kappa shape index (κ1) is 18.0. The maximum Gasteiger partial charge on any atom is 0.159 e. The van der Waals surface area contributed by atoms with Gasteiger partial charge in [0.1, 0.15) is 6.17 Å². The first-order chi connectivity index (χ1) is 14.1. The summed E-state index contributed by atoms with van der Waals surface area (Å²) in [6.45, 7) is 11.1. The zero-order chi connectivity index (χ0) is 20.2. The molecule has 2 aliphatic rings. The minimum Gasteiger partial charge on any atom is -0.317 e. The summed E-state index contributed by atoms with van der Waals surface area (Å²) in [6.07, 6.45) is 3.20. The Hall–Kier alpha value is -3.07. The highest BCUT2D eigenvalue weighted by Gasteiger charge is 2.52. The minimum atomic E-state index is -0.125. The summed E-state index contributed by atoms with van der Waals surface area (Å²) in [6, 6.07) is 23.8. The Morgan fingerprint density at radius 2 is 1.69 bits per heavy atom. The number of anilines is 4. The third-order valence-electron chi connectivity index (χ3n) is 6.89. The van der Waals surface area contributed by atoms with Crippen molar-refractivity contribution in [3.63, 3.8) is 0 Å². The number of fused-ring (bicyclic) bond motifs is 5. The predicted molar refractivity (Wildman–Crippen MR) is 121 cm³/mol. The molecule has 0 saturated heterocycles. The van der Waals surface area contributed by atoms with Crippen LogP contribution in [-0.2, 0) is 11.8 Å². The largest absolute Gasteiger partial charge is 0.317 e. The van der Waals surface area contributed by atoms with Crippen molar-refractivity contribution in [2.24, 2.45) is 5.92 Å². The van der Waals surface area contributed by atoms with Gasteiger partial charge in [-0.25, -0.2) is 4.98 Å². The van der Waals surface area contributed by atoms with Gasteiger partial charge in [-0.15, -0.1) is 6.58 Å². The molecule has 3 heterocycles. The second-order valence-electron chi connectivity index (χ2n) is 8.28. The Balaban J connectivity index is 1.82. The molecule has 0 fully saturated rings. The van der Waals surface area contributed by atoms with Crippen LogP contribution >= 0.6 is 0 Å². The molecule has 1 aromatic heterocycles. The van der Waals surface area contributed by atoms with Gasteiger partial charge in [0, 0.05) is 28.4 Å². The second kappa shape index (κ2) is 6.48. The van der Waals surface area contributed by atoms with Gasteiger partial charge in [0.05, 0.1) is 5.69 Å². The van der Waals surface area contributed by atoms with Crippen LogP contribution in [0.1, 0.15) is 32.0 Å². The van der Waals surface area contributed by atoms with Crippen LogP contribution in [0.15, 0.2) is 79.4 Å². The predicted octanol–water partition coefficient (Wildman–Crippen LogP) is 6.35. The lowest BCUT2D eigenvalue weighted by atomic mass is 9.68. The van der Waals surface area contributed by atoms with Crippen LogP contribution in [0.5, 0.6) is 0 Å². The number of pyridine rings is 1. The topological polar surface area (TPSA) is 19.4 Å². The molecule has 29 heavy (non-hydrogen) atoms. The molecule has 3 nitrogen and oxygen atoms in total. The summed E-state index contributed by atoms with van der Waals surface area (Å²) in [5, 5.41) is 0. The van der Waals surface area contributed by atoms with Crippen molar-refractivity contribution in [3.05, 3.63) is 90.6 Å². The molecule has 146 valence electrons. The second-order valence-corrected chi connectivity index (χ2v) is 8.28. The number of aryl methyl sites for hydroxylation is 1. The zero-order valence-electron chi connectivity index (χ0n) is 17.3. The average Bonchev–Trinajstić information content (AvgIpc) is 3.12. The van der Waals surface area contributed by atoms with Crippen molar-refractivity contribution in [3.8, 4) is 0 Å². The fourth-order valence-electron chi connectivity index (χ4n) is 5.00. The van der Waals surface area contributed by atoms with E-state index in [2.05, 4.69) is 110 Å². The van der Waals surface area contributed by atoms with Gasteiger partial charge in [0.15, 0.2) is 5.82 Å². The summed E-state index contributed by atoms with van der Waals surface area (Å²) < 4.78 is 0.